The van der Waals surface area contributed by atoms with Gasteiger partial charge in [-0.3, -0.25) is 14.4 Å². The van der Waals surface area contributed by atoms with E-state index >= 15 is 0 Å². The van der Waals surface area contributed by atoms with Crippen LogP contribution in [-0.2, 0) is 11.8 Å². The Morgan fingerprint density at radius 1 is 1.21 bits per heavy atom. The van der Waals surface area contributed by atoms with Crippen molar-refractivity contribution in [3.8, 4) is 0 Å². The van der Waals surface area contributed by atoms with E-state index in [0.29, 0.717) is 18.9 Å². The molecular formula is C18H24N4O2. The SMILES string of the molecule is Cn1nc(C(=O)N[C@H]2COC[C@@H]2N2CCCCC2)c2ccccc21. The van der Waals surface area contributed by atoms with Crippen LogP contribution in [0.2, 0.25) is 0 Å². The minimum absolute atomic E-state index is 0.0383. The van der Waals surface area contributed by atoms with E-state index in [1.54, 1.807) is 4.68 Å². The summed E-state index contributed by atoms with van der Waals surface area (Å²) in [6, 6.07) is 8.15. The van der Waals surface area contributed by atoms with Gasteiger partial charge in [0, 0.05) is 12.4 Å². The van der Waals surface area contributed by atoms with Gasteiger partial charge in [0.2, 0.25) is 0 Å². The molecule has 2 aliphatic heterocycles. The largest absolute Gasteiger partial charge is 0.378 e. The van der Waals surface area contributed by atoms with Crippen LogP contribution in [0, 0.1) is 0 Å². The molecule has 1 amide bonds. The van der Waals surface area contributed by atoms with Gasteiger partial charge in [0.25, 0.3) is 5.91 Å². The molecule has 0 aliphatic carbocycles. The maximum atomic E-state index is 12.8. The fourth-order valence-corrected chi connectivity index (χ4v) is 3.91. The third-order valence-corrected chi connectivity index (χ3v) is 5.20. The van der Waals surface area contributed by atoms with E-state index in [2.05, 4.69) is 15.3 Å². The molecule has 0 unspecified atom stereocenters. The predicted octanol–water partition coefficient (Wildman–Crippen LogP) is 1.56. The maximum absolute atomic E-state index is 12.8. The highest BCUT2D eigenvalue weighted by Crippen LogP contribution is 2.21. The standard InChI is InChI=1S/C18H24N4O2/c1-21-15-8-4-3-7-13(15)17(20-21)18(23)19-14-11-24-12-16(14)22-9-5-2-6-10-22/h3-4,7-8,14,16H,2,5-6,9-12H2,1H3,(H,19,23)/t14-,16-/m0/s1. The number of carbonyl (C=O) groups excluding carboxylic acids is 1. The first-order chi connectivity index (χ1) is 11.7. The van der Waals surface area contributed by atoms with Gasteiger partial charge in [-0.05, 0) is 32.0 Å². The summed E-state index contributed by atoms with van der Waals surface area (Å²) in [6.45, 7) is 3.49. The average molecular weight is 328 g/mol. The van der Waals surface area contributed by atoms with Crippen molar-refractivity contribution in [2.75, 3.05) is 26.3 Å². The van der Waals surface area contributed by atoms with E-state index in [0.717, 1.165) is 24.0 Å². The summed E-state index contributed by atoms with van der Waals surface area (Å²) in [6.07, 6.45) is 3.78. The van der Waals surface area contributed by atoms with E-state index in [-0.39, 0.29) is 18.0 Å². The number of hydrogen-bond donors (Lipinski definition) is 1. The Labute approximate surface area is 141 Å². The molecule has 0 bridgehead atoms. The number of rotatable bonds is 3. The van der Waals surface area contributed by atoms with Crippen LogP contribution in [-0.4, -0.2) is 59.0 Å². The minimum atomic E-state index is -0.107. The first kappa shape index (κ1) is 15.6. The molecule has 3 heterocycles. The molecule has 1 N–H and O–H groups in total. The average Bonchev–Trinajstić information content (AvgIpc) is 3.21. The van der Waals surface area contributed by atoms with E-state index in [4.69, 9.17) is 4.74 Å². The third kappa shape index (κ3) is 2.80. The Morgan fingerprint density at radius 3 is 2.83 bits per heavy atom. The Balaban J connectivity index is 1.52. The second-order valence-corrected chi connectivity index (χ2v) is 6.77. The lowest BCUT2D eigenvalue weighted by molar-refractivity contribution is 0.0896. The maximum Gasteiger partial charge on any atom is 0.272 e. The van der Waals surface area contributed by atoms with Gasteiger partial charge >= 0.3 is 0 Å². The number of carbonyl (C=O) groups is 1. The number of nitrogens with zero attached hydrogens (tertiary/aromatic N) is 3. The van der Waals surface area contributed by atoms with Crippen LogP contribution >= 0.6 is 0 Å². The van der Waals surface area contributed by atoms with Crippen LogP contribution in [0.15, 0.2) is 24.3 Å². The van der Waals surface area contributed by atoms with E-state index in [1.165, 1.54) is 19.3 Å². The van der Waals surface area contributed by atoms with Crippen molar-refractivity contribution in [1.29, 1.82) is 0 Å². The Bertz CT molecular complexity index is 736. The normalized spacial score (nSPS) is 25.2. The Morgan fingerprint density at radius 2 is 2.00 bits per heavy atom. The van der Waals surface area contributed by atoms with Crippen molar-refractivity contribution in [2.45, 2.75) is 31.3 Å². The quantitative estimate of drug-likeness (QED) is 0.929. The van der Waals surface area contributed by atoms with Gasteiger partial charge < -0.3 is 10.1 Å². The summed E-state index contributed by atoms with van der Waals surface area (Å²) in [5.41, 5.74) is 1.47. The molecule has 2 aromatic rings. The molecule has 24 heavy (non-hydrogen) atoms. The molecular weight excluding hydrogens is 304 g/mol. The molecule has 0 saturated carbocycles. The number of para-hydroxylation sites is 1. The summed E-state index contributed by atoms with van der Waals surface area (Å²) in [7, 11) is 1.87. The van der Waals surface area contributed by atoms with Gasteiger partial charge in [0.05, 0.1) is 30.8 Å². The van der Waals surface area contributed by atoms with Crippen LogP contribution in [0.5, 0.6) is 0 Å². The molecule has 6 heteroatoms. The smallest absolute Gasteiger partial charge is 0.272 e. The van der Waals surface area contributed by atoms with Crippen LogP contribution in [0.4, 0.5) is 0 Å². The van der Waals surface area contributed by atoms with Crippen molar-refractivity contribution in [3.63, 3.8) is 0 Å². The van der Waals surface area contributed by atoms with Crippen LogP contribution in [0.1, 0.15) is 29.8 Å². The monoisotopic (exact) mass is 328 g/mol. The van der Waals surface area contributed by atoms with Gasteiger partial charge in [0.1, 0.15) is 0 Å². The van der Waals surface area contributed by atoms with Gasteiger partial charge in [-0.15, -0.1) is 0 Å². The molecule has 128 valence electrons. The number of fused-ring (bicyclic) bond motifs is 1. The van der Waals surface area contributed by atoms with Gasteiger partial charge in [-0.25, -0.2) is 0 Å². The fourth-order valence-electron chi connectivity index (χ4n) is 3.91. The molecule has 2 saturated heterocycles. The molecule has 0 radical (unpaired) electrons. The lowest BCUT2D eigenvalue weighted by atomic mass is 10.0. The van der Waals surface area contributed by atoms with E-state index in [9.17, 15) is 4.79 Å². The molecule has 2 atom stereocenters. The second-order valence-electron chi connectivity index (χ2n) is 6.77. The molecule has 6 nitrogen and oxygen atoms in total. The minimum Gasteiger partial charge on any atom is -0.378 e. The lowest BCUT2D eigenvalue weighted by Gasteiger charge is -2.34. The zero-order valence-electron chi connectivity index (χ0n) is 14.1. The highest BCUT2D eigenvalue weighted by molar-refractivity contribution is 6.05. The predicted molar refractivity (Wildman–Crippen MR) is 92.0 cm³/mol. The van der Waals surface area contributed by atoms with Crippen molar-refractivity contribution in [3.05, 3.63) is 30.0 Å². The number of amides is 1. The highest BCUT2D eigenvalue weighted by Gasteiger charge is 2.35. The fraction of sp³-hybridized carbons (Fsp3) is 0.556. The topological polar surface area (TPSA) is 59.4 Å². The lowest BCUT2D eigenvalue weighted by Crippen LogP contribution is -2.52. The summed E-state index contributed by atoms with van der Waals surface area (Å²) < 4.78 is 7.43. The Kier molecular flexibility index (Phi) is 4.24. The number of hydrogen-bond acceptors (Lipinski definition) is 4. The molecule has 0 spiro atoms. The third-order valence-electron chi connectivity index (χ3n) is 5.20. The number of aromatic nitrogens is 2. The number of nitrogens with one attached hydrogen (secondary N) is 1. The summed E-state index contributed by atoms with van der Waals surface area (Å²) >= 11 is 0. The zero-order chi connectivity index (χ0) is 16.5. The Hall–Kier alpha value is -1.92. The molecule has 1 aromatic heterocycles. The van der Waals surface area contributed by atoms with Crippen molar-refractivity contribution in [2.24, 2.45) is 7.05 Å². The first-order valence-corrected chi connectivity index (χ1v) is 8.78. The molecule has 4 rings (SSSR count). The zero-order valence-corrected chi connectivity index (χ0v) is 14.1. The second kappa shape index (κ2) is 6.53. The molecule has 1 aromatic carbocycles. The number of likely N-dealkylation sites (tertiary alicyclic amines) is 1. The van der Waals surface area contributed by atoms with Crippen molar-refractivity contribution in [1.82, 2.24) is 20.0 Å². The van der Waals surface area contributed by atoms with Crippen LogP contribution in [0.25, 0.3) is 10.9 Å². The van der Waals surface area contributed by atoms with Gasteiger partial charge in [-0.2, -0.15) is 5.10 Å². The van der Waals surface area contributed by atoms with Gasteiger partial charge in [0.15, 0.2) is 5.69 Å². The van der Waals surface area contributed by atoms with E-state index in [1.807, 2.05) is 31.3 Å². The summed E-state index contributed by atoms with van der Waals surface area (Å²) in [5.74, 6) is -0.107. The number of aryl methyl sites for hydroxylation is 1. The molecule has 2 fully saturated rings. The first-order valence-electron chi connectivity index (χ1n) is 8.78. The number of benzene rings is 1. The van der Waals surface area contributed by atoms with Gasteiger partial charge in [-0.1, -0.05) is 24.6 Å². The van der Waals surface area contributed by atoms with Crippen molar-refractivity contribution < 1.29 is 9.53 Å². The highest BCUT2D eigenvalue weighted by atomic mass is 16.5. The van der Waals surface area contributed by atoms with Crippen LogP contribution < -0.4 is 5.32 Å². The number of piperidine rings is 1. The molecule has 2 aliphatic rings. The van der Waals surface area contributed by atoms with Crippen molar-refractivity contribution >= 4 is 16.8 Å². The summed E-state index contributed by atoms with van der Waals surface area (Å²) in [5, 5.41) is 8.48. The van der Waals surface area contributed by atoms with Crippen LogP contribution in [0.3, 0.4) is 0 Å². The number of ether oxygens (including phenoxy) is 1. The van der Waals surface area contributed by atoms with E-state index < -0.39 is 0 Å². The summed E-state index contributed by atoms with van der Waals surface area (Å²) in [4.78, 5) is 15.3.